The van der Waals surface area contributed by atoms with Gasteiger partial charge in [0, 0.05) is 0 Å². The first kappa shape index (κ1) is 10.7. The molecule has 0 saturated carbocycles. The van der Waals surface area contributed by atoms with Gasteiger partial charge in [-0.05, 0) is 30.2 Å². The fourth-order valence-electron chi connectivity index (χ4n) is 1.63. The van der Waals surface area contributed by atoms with E-state index in [0.29, 0.717) is 11.3 Å². The molecule has 0 bridgehead atoms. The number of nitrogens with two attached hydrogens (primary N) is 1. The smallest absolute Gasteiger partial charge is 0.123 e. The summed E-state index contributed by atoms with van der Waals surface area (Å²) >= 11 is 0. The molecule has 4 N–H and O–H groups in total. The number of nitrogens with zero attached hydrogens (tertiary/aromatic N) is 2. The molecule has 1 atom stereocenters. The van der Waals surface area contributed by atoms with Crippen molar-refractivity contribution in [1.82, 2.24) is 20.8 Å². The van der Waals surface area contributed by atoms with Crippen LogP contribution in [0.2, 0.25) is 0 Å². The lowest BCUT2D eigenvalue weighted by molar-refractivity contribution is 0.595. The van der Waals surface area contributed by atoms with Crippen LogP contribution < -0.4 is 11.3 Å². The number of rotatable bonds is 3. The number of hydrazine groups is 1. The fraction of sp³-hybridized carbons (Fsp3) is 0.200. The molecule has 6 heteroatoms. The Bertz CT molecular complexity index is 448. The predicted octanol–water partition coefficient (Wildman–Crippen LogP) is 0.805. The van der Waals surface area contributed by atoms with Gasteiger partial charge >= 0.3 is 0 Å². The second-order valence-electron chi connectivity index (χ2n) is 3.56. The molecule has 5 nitrogen and oxygen atoms in total. The molecule has 0 aliphatic rings. The highest BCUT2D eigenvalue weighted by molar-refractivity contribution is 5.30. The molecule has 2 rings (SSSR count). The third kappa shape index (κ3) is 2.07. The van der Waals surface area contributed by atoms with Crippen molar-refractivity contribution < 1.29 is 4.39 Å². The van der Waals surface area contributed by atoms with Crippen molar-refractivity contribution in [2.45, 2.75) is 13.0 Å². The lowest BCUT2D eigenvalue weighted by Crippen LogP contribution is -2.29. The number of hydrogen-bond acceptors (Lipinski definition) is 4. The molecule has 0 saturated heterocycles. The Kier molecular flexibility index (Phi) is 2.93. The van der Waals surface area contributed by atoms with Crippen LogP contribution in [-0.2, 0) is 0 Å². The minimum atomic E-state index is -0.367. The zero-order valence-corrected chi connectivity index (χ0v) is 8.74. The Hall–Kier alpha value is -1.79. The minimum absolute atomic E-state index is 0.293. The quantitative estimate of drug-likeness (QED) is 0.529. The van der Waals surface area contributed by atoms with Crippen molar-refractivity contribution in [2.75, 3.05) is 0 Å². The van der Waals surface area contributed by atoms with E-state index in [9.17, 15) is 4.39 Å². The van der Waals surface area contributed by atoms with Gasteiger partial charge in [-0.2, -0.15) is 15.4 Å². The molecule has 0 radical (unpaired) electrons. The number of aryl methyl sites for hydroxylation is 1. The van der Waals surface area contributed by atoms with Gasteiger partial charge in [-0.15, -0.1) is 0 Å². The second kappa shape index (κ2) is 4.38. The molecule has 1 aromatic heterocycles. The van der Waals surface area contributed by atoms with Gasteiger partial charge in [0.1, 0.15) is 11.5 Å². The number of H-pyrrole nitrogens is 1. The van der Waals surface area contributed by atoms with Crippen molar-refractivity contribution in [2.24, 2.45) is 5.84 Å². The summed E-state index contributed by atoms with van der Waals surface area (Å²) < 4.78 is 13.3. The van der Waals surface area contributed by atoms with E-state index < -0.39 is 0 Å². The van der Waals surface area contributed by atoms with E-state index in [4.69, 9.17) is 5.84 Å². The number of halogens is 1. The second-order valence-corrected chi connectivity index (χ2v) is 3.56. The molecule has 0 fully saturated rings. The van der Waals surface area contributed by atoms with Gasteiger partial charge < -0.3 is 0 Å². The molecule has 1 aromatic carbocycles. The van der Waals surface area contributed by atoms with Crippen molar-refractivity contribution in [3.63, 3.8) is 0 Å². The first-order valence-corrected chi connectivity index (χ1v) is 4.79. The minimum Gasteiger partial charge on any atom is -0.271 e. The molecule has 84 valence electrons. The monoisotopic (exact) mass is 221 g/mol. The van der Waals surface area contributed by atoms with Crippen LogP contribution in [0.25, 0.3) is 0 Å². The summed E-state index contributed by atoms with van der Waals surface area (Å²) in [5.74, 6) is 5.15. The van der Waals surface area contributed by atoms with Gasteiger partial charge in [-0.1, -0.05) is 6.07 Å². The molecule has 0 aliphatic carbocycles. The molecular weight excluding hydrogens is 209 g/mol. The molecule has 2 aromatic rings. The van der Waals surface area contributed by atoms with E-state index in [1.165, 1.54) is 12.1 Å². The van der Waals surface area contributed by atoms with E-state index in [0.717, 1.165) is 5.56 Å². The van der Waals surface area contributed by atoms with E-state index >= 15 is 0 Å². The highest BCUT2D eigenvalue weighted by atomic mass is 19.1. The molecule has 0 aliphatic heterocycles. The maximum absolute atomic E-state index is 13.3. The van der Waals surface area contributed by atoms with Gasteiger partial charge in [-0.3, -0.25) is 5.84 Å². The first-order valence-electron chi connectivity index (χ1n) is 4.79. The topological polar surface area (TPSA) is 79.6 Å². The largest absolute Gasteiger partial charge is 0.271 e. The maximum Gasteiger partial charge on any atom is 0.123 e. The third-order valence-electron chi connectivity index (χ3n) is 2.29. The lowest BCUT2D eigenvalue weighted by atomic mass is 10.0. The van der Waals surface area contributed by atoms with Crippen molar-refractivity contribution >= 4 is 0 Å². The summed E-state index contributed by atoms with van der Waals surface area (Å²) in [5, 5.41) is 10.1. The van der Waals surface area contributed by atoms with Crippen LogP contribution in [0.15, 0.2) is 24.4 Å². The predicted molar refractivity (Wildman–Crippen MR) is 56.7 cm³/mol. The first-order chi connectivity index (χ1) is 7.70. The van der Waals surface area contributed by atoms with Gasteiger partial charge in [-0.25, -0.2) is 9.82 Å². The standard InChI is InChI=1S/C10H12FN5/c1-6-2-7(4-8(11)3-6)10(14-12)9-5-13-16-15-9/h2-5,10,14H,12H2,1H3,(H,13,15,16). The molecular formula is C10H12FN5. The number of aromatic nitrogens is 3. The Labute approximate surface area is 91.8 Å². The summed E-state index contributed by atoms with van der Waals surface area (Å²) in [5.41, 5.74) is 4.75. The number of aromatic amines is 1. The molecule has 16 heavy (non-hydrogen) atoms. The van der Waals surface area contributed by atoms with E-state index in [2.05, 4.69) is 20.8 Å². The summed E-state index contributed by atoms with van der Waals surface area (Å²) in [4.78, 5) is 0. The molecule has 1 unspecified atom stereocenters. The lowest BCUT2D eigenvalue weighted by Gasteiger charge is -2.14. The Morgan fingerprint density at radius 1 is 1.44 bits per heavy atom. The number of hydrogen-bond donors (Lipinski definition) is 3. The van der Waals surface area contributed by atoms with E-state index in [1.54, 1.807) is 6.20 Å². The van der Waals surface area contributed by atoms with Crippen LogP contribution in [0.3, 0.4) is 0 Å². The molecule has 1 heterocycles. The summed E-state index contributed by atoms with van der Waals surface area (Å²) in [6.45, 7) is 1.82. The van der Waals surface area contributed by atoms with Crippen LogP contribution in [0, 0.1) is 12.7 Å². The normalized spacial score (nSPS) is 12.7. The van der Waals surface area contributed by atoms with Gasteiger partial charge in [0.15, 0.2) is 0 Å². The van der Waals surface area contributed by atoms with Gasteiger partial charge in [0.05, 0.1) is 12.2 Å². The maximum atomic E-state index is 13.3. The summed E-state index contributed by atoms with van der Waals surface area (Å²) in [6.07, 6.45) is 1.55. The highest BCUT2D eigenvalue weighted by Crippen LogP contribution is 2.20. The fourth-order valence-corrected chi connectivity index (χ4v) is 1.63. The van der Waals surface area contributed by atoms with Gasteiger partial charge in [0.2, 0.25) is 0 Å². The summed E-state index contributed by atoms with van der Waals surface area (Å²) in [6, 6.07) is 4.36. The Morgan fingerprint density at radius 2 is 2.25 bits per heavy atom. The summed E-state index contributed by atoms with van der Waals surface area (Å²) in [7, 11) is 0. The van der Waals surface area contributed by atoms with E-state index in [-0.39, 0.29) is 11.9 Å². The average Bonchev–Trinajstić information content (AvgIpc) is 2.70. The van der Waals surface area contributed by atoms with Crippen LogP contribution in [-0.4, -0.2) is 15.4 Å². The Morgan fingerprint density at radius 3 is 2.81 bits per heavy atom. The number of nitrogens with one attached hydrogen (secondary N) is 2. The van der Waals surface area contributed by atoms with E-state index in [1.807, 2.05) is 13.0 Å². The number of benzene rings is 1. The van der Waals surface area contributed by atoms with Crippen molar-refractivity contribution in [1.29, 1.82) is 0 Å². The zero-order chi connectivity index (χ0) is 11.5. The average molecular weight is 221 g/mol. The Balaban J connectivity index is 2.41. The van der Waals surface area contributed by atoms with Crippen LogP contribution in [0.5, 0.6) is 0 Å². The highest BCUT2D eigenvalue weighted by Gasteiger charge is 2.15. The zero-order valence-electron chi connectivity index (χ0n) is 8.74. The molecule has 0 amide bonds. The van der Waals surface area contributed by atoms with Crippen molar-refractivity contribution in [3.8, 4) is 0 Å². The van der Waals surface area contributed by atoms with Crippen LogP contribution in [0.1, 0.15) is 22.9 Å². The van der Waals surface area contributed by atoms with Gasteiger partial charge in [0.25, 0.3) is 0 Å². The van der Waals surface area contributed by atoms with Crippen LogP contribution >= 0.6 is 0 Å². The SMILES string of the molecule is Cc1cc(F)cc(C(NN)c2cn[nH]n2)c1. The molecule has 0 spiro atoms. The van der Waals surface area contributed by atoms with Crippen molar-refractivity contribution in [3.05, 3.63) is 47.0 Å². The van der Waals surface area contributed by atoms with Crippen LogP contribution in [0.4, 0.5) is 4.39 Å². The third-order valence-corrected chi connectivity index (χ3v) is 2.29.